The lowest BCUT2D eigenvalue weighted by atomic mass is 10.1. The monoisotopic (exact) mass is 239 g/mol. The average Bonchev–Trinajstić information content (AvgIpc) is 2.74. The van der Waals surface area contributed by atoms with Gasteiger partial charge in [0.2, 0.25) is 0 Å². The Morgan fingerprint density at radius 1 is 1.82 bits per heavy atom. The Balaban J connectivity index is 2.54. The summed E-state index contributed by atoms with van der Waals surface area (Å²) in [5.74, 6) is -0.601. The Labute approximate surface area is 97.7 Å². The Morgan fingerprint density at radius 3 is 3.06 bits per heavy atom. The Hall–Kier alpha value is -2.18. The van der Waals surface area contributed by atoms with E-state index in [1.807, 2.05) is 0 Å². The molecule has 1 rings (SSSR count). The van der Waals surface area contributed by atoms with Crippen molar-refractivity contribution in [2.75, 3.05) is 6.61 Å². The van der Waals surface area contributed by atoms with Crippen molar-refractivity contribution in [3.05, 3.63) is 34.8 Å². The molecule has 0 aliphatic carbocycles. The number of hydrogen-bond acceptors (Lipinski definition) is 5. The number of hydrogen-bond donors (Lipinski definition) is 1. The van der Waals surface area contributed by atoms with Crippen molar-refractivity contribution in [2.24, 2.45) is 5.92 Å². The molecule has 7 nitrogen and oxygen atoms in total. The SMILES string of the molecule is C=CCOC(=O)C(C)Cc1ncc([N+](=O)[O-])[nH]1. The van der Waals surface area contributed by atoms with Crippen LogP contribution in [-0.2, 0) is 16.0 Å². The zero-order chi connectivity index (χ0) is 12.8. The largest absolute Gasteiger partial charge is 0.461 e. The zero-order valence-electron chi connectivity index (χ0n) is 9.38. The first kappa shape index (κ1) is 12.9. The summed E-state index contributed by atoms with van der Waals surface area (Å²) in [4.78, 5) is 27.6. The van der Waals surface area contributed by atoms with Gasteiger partial charge in [0, 0.05) is 6.42 Å². The van der Waals surface area contributed by atoms with Crippen LogP contribution in [0.2, 0.25) is 0 Å². The van der Waals surface area contributed by atoms with Crippen molar-refractivity contribution < 1.29 is 14.5 Å². The van der Waals surface area contributed by atoms with Gasteiger partial charge in [0.05, 0.1) is 5.92 Å². The van der Waals surface area contributed by atoms with E-state index in [2.05, 4.69) is 16.5 Å². The first-order valence-electron chi connectivity index (χ1n) is 5.00. The summed E-state index contributed by atoms with van der Waals surface area (Å²) in [6.45, 7) is 5.25. The molecule has 1 aromatic heterocycles. The molecular weight excluding hydrogens is 226 g/mol. The molecule has 0 amide bonds. The van der Waals surface area contributed by atoms with Gasteiger partial charge in [-0.3, -0.25) is 4.79 Å². The molecule has 0 radical (unpaired) electrons. The lowest BCUT2D eigenvalue weighted by Gasteiger charge is -2.07. The van der Waals surface area contributed by atoms with Crippen LogP contribution in [0.4, 0.5) is 5.82 Å². The first-order chi connectivity index (χ1) is 8.04. The van der Waals surface area contributed by atoms with Crippen LogP contribution < -0.4 is 0 Å². The molecule has 0 fully saturated rings. The molecule has 0 saturated carbocycles. The maximum Gasteiger partial charge on any atom is 0.340 e. The highest BCUT2D eigenvalue weighted by atomic mass is 16.6. The maximum atomic E-state index is 11.4. The minimum Gasteiger partial charge on any atom is -0.461 e. The predicted octanol–water partition coefficient (Wildman–Crippen LogP) is 1.23. The van der Waals surface area contributed by atoms with E-state index >= 15 is 0 Å². The number of aromatic amines is 1. The summed E-state index contributed by atoms with van der Waals surface area (Å²) >= 11 is 0. The zero-order valence-corrected chi connectivity index (χ0v) is 9.38. The van der Waals surface area contributed by atoms with E-state index in [-0.39, 0.29) is 24.8 Å². The highest BCUT2D eigenvalue weighted by Crippen LogP contribution is 2.11. The number of nitro groups is 1. The Kier molecular flexibility index (Phi) is 4.38. The molecule has 1 N–H and O–H groups in total. The number of carbonyl (C=O) groups is 1. The first-order valence-corrected chi connectivity index (χ1v) is 5.00. The summed E-state index contributed by atoms with van der Waals surface area (Å²) in [6.07, 6.45) is 2.86. The van der Waals surface area contributed by atoms with Gasteiger partial charge in [-0.05, 0) is 4.92 Å². The van der Waals surface area contributed by atoms with Gasteiger partial charge in [0.1, 0.15) is 12.8 Å². The van der Waals surface area contributed by atoms with Crippen LogP contribution in [0.1, 0.15) is 12.7 Å². The van der Waals surface area contributed by atoms with Crippen LogP contribution in [0.25, 0.3) is 0 Å². The summed E-state index contributed by atoms with van der Waals surface area (Å²) in [6, 6.07) is 0. The lowest BCUT2D eigenvalue weighted by Crippen LogP contribution is -2.17. The number of nitrogens with one attached hydrogen (secondary N) is 1. The molecule has 0 bridgehead atoms. The number of imidazole rings is 1. The van der Waals surface area contributed by atoms with Gasteiger partial charge in [0.25, 0.3) is 0 Å². The van der Waals surface area contributed by atoms with Crippen molar-refractivity contribution in [1.82, 2.24) is 9.97 Å². The number of esters is 1. The van der Waals surface area contributed by atoms with Crippen molar-refractivity contribution in [1.29, 1.82) is 0 Å². The molecule has 92 valence electrons. The molecular formula is C10H13N3O4. The van der Waals surface area contributed by atoms with Crippen molar-refractivity contribution in [2.45, 2.75) is 13.3 Å². The fraction of sp³-hybridized carbons (Fsp3) is 0.400. The van der Waals surface area contributed by atoms with Crippen LogP contribution in [0.5, 0.6) is 0 Å². The number of ether oxygens (including phenoxy) is 1. The second-order valence-corrected chi connectivity index (χ2v) is 3.50. The van der Waals surface area contributed by atoms with Gasteiger partial charge < -0.3 is 14.9 Å². The van der Waals surface area contributed by atoms with Crippen LogP contribution >= 0.6 is 0 Å². The van der Waals surface area contributed by atoms with Crippen LogP contribution in [0, 0.1) is 16.0 Å². The van der Waals surface area contributed by atoms with Crippen LogP contribution in [0.15, 0.2) is 18.9 Å². The van der Waals surface area contributed by atoms with E-state index in [4.69, 9.17) is 4.74 Å². The van der Waals surface area contributed by atoms with E-state index in [1.165, 1.54) is 6.08 Å². The van der Waals surface area contributed by atoms with Crippen molar-refractivity contribution >= 4 is 11.8 Å². The average molecular weight is 239 g/mol. The molecule has 0 saturated heterocycles. The predicted molar refractivity (Wildman–Crippen MR) is 59.3 cm³/mol. The summed E-state index contributed by atoms with van der Waals surface area (Å²) < 4.78 is 4.85. The van der Waals surface area contributed by atoms with Gasteiger partial charge in [0.15, 0.2) is 5.82 Å². The van der Waals surface area contributed by atoms with Crippen molar-refractivity contribution in [3.63, 3.8) is 0 Å². The number of carbonyl (C=O) groups excluding carboxylic acids is 1. The topological polar surface area (TPSA) is 98.1 Å². The van der Waals surface area contributed by atoms with E-state index < -0.39 is 10.8 Å². The van der Waals surface area contributed by atoms with Crippen molar-refractivity contribution in [3.8, 4) is 0 Å². The normalized spacial score (nSPS) is 11.8. The molecule has 0 aliphatic heterocycles. The molecule has 1 aromatic rings. The van der Waals surface area contributed by atoms with Gasteiger partial charge in [-0.15, -0.1) is 0 Å². The van der Waals surface area contributed by atoms with Gasteiger partial charge >= 0.3 is 11.8 Å². The van der Waals surface area contributed by atoms with E-state index in [9.17, 15) is 14.9 Å². The second-order valence-electron chi connectivity index (χ2n) is 3.50. The molecule has 1 atom stereocenters. The summed E-state index contributed by atoms with van der Waals surface area (Å²) in [7, 11) is 0. The fourth-order valence-corrected chi connectivity index (χ4v) is 1.20. The standard InChI is InChI=1S/C10H13N3O4/c1-3-4-17-10(14)7(2)5-8-11-6-9(12-8)13(15)16/h3,6-7H,1,4-5H2,2H3,(H,11,12). The summed E-state index contributed by atoms with van der Waals surface area (Å²) in [5, 5.41) is 10.4. The molecule has 1 heterocycles. The van der Waals surface area contributed by atoms with Gasteiger partial charge in [-0.25, -0.2) is 9.97 Å². The highest BCUT2D eigenvalue weighted by Gasteiger charge is 2.19. The summed E-state index contributed by atoms with van der Waals surface area (Å²) in [5.41, 5.74) is 0. The molecule has 7 heteroatoms. The number of nitrogens with zero attached hydrogens (tertiary/aromatic N) is 2. The fourth-order valence-electron chi connectivity index (χ4n) is 1.20. The highest BCUT2D eigenvalue weighted by molar-refractivity contribution is 5.72. The molecule has 1 unspecified atom stereocenters. The Morgan fingerprint density at radius 2 is 2.53 bits per heavy atom. The third kappa shape index (κ3) is 3.71. The smallest absolute Gasteiger partial charge is 0.340 e. The number of H-pyrrole nitrogens is 1. The van der Waals surface area contributed by atoms with E-state index in [1.54, 1.807) is 6.92 Å². The molecule has 0 spiro atoms. The third-order valence-corrected chi connectivity index (χ3v) is 2.06. The third-order valence-electron chi connectivity index (χ3n) is 2.06. The van der Waals surface area contributed by atoms with Crippen LogP contribution in [-0.4, -0.2) is 27.5 Å². The molecule has 0 aromatic carbocycles. The quantitative estimate of drug-likeness (QED) is 0.348. The Bertz CT molecular complexity index is 427. The van der Waals surface area contributed by atoms with Gasteiger partial charge in [-0.2, -0.15) is 0 Å². The number of rotatable bonds is 6. The minimum absolute atomic E-state index is 0.154. The second kappa shape index (κ2) is 5.78. The minimum atomic E-state index is -0.572. The number of aromatic nitrogens is 2. The van der Waals surface area contributed by atoms with Gasteiger partial charge in [-0.1, -0.05) is 19.6 Å². The van der Waals surface area contributed by atoms with Crippen LogP contribution in [0.3, 0.4) is 0 Å². The van der Waals surface area contributed by atoms with E-state index in [0.717, 1.165) is 6.20 Å². The molecule has 0 aliphatic rings. The van der Waals surface area contributed by atoms with E-state index in [0.29, 0.717) is 5.82 Å². The maximum absolute atomic E-state index is 11.4. The lowest BCUT2D eigenvalue weighted by molar-refractivity contribution is -0.389. The molecule has 17 heavy (non-hydrogen) atoms.